The molecule has 0 unspecified atom stereocenters. The third kappa shape index (κ3) is 2.68. The molecule has 0 bridgehead atoms. The van der Waals surface area contributed by atoms with Crippen LogP contribution >= 0.6 is 11.3 Å². The first-order valence-electron chi connectivity index (χ1n) is 6.35. The lowest BCUT2D eigenvalue weighted by Gasteiger charge is -2.11. The van der Waals surface area contributed by atoms with E-state index in [-0.39, 0.29) is 5.56 Å². The van der Waals surface area contributed by atoms with Crippen LogP contribution in [-0.2, 0) is 0 Å². The molecule has 1 aromatic carbocycles. The lowest BCUT2D eigenvalue weighted by molar-refractivity contribution is 0.259. The van der Waals surface area contributed by atoms with Gasteiger partial charge in [0.25, 0.3) is 5.56 Å². The zero-order chi connectivity index (χ0) is 15.7. The fourth-order valence-corrected chi connectivity index (χ4v) is 2.74. The molecular weight excluding hydrogens is 307 g/mol. The second-order valence-electron chi connectivity index (χ2n) is 4.51. The first-order valence-corrected chi connectivity index (χ1v) is 7.23. The maximum Gasteiger partial charge on any atom is 0.338 e. The van der Waals surface area contributed by atoms with Crippen LogP contribution in [0.15, 0.2) is 40.5 Å². The SMILES string of the molecule is Cc1nc2sccc2c(=O)n1NC(=O)Nc1ccc(F)cc1. The number of nitrogens with zero attached hydrogens (tertiary/aromatic N) is 2. The molecule has 6 nitrogen and oxygen atoms in total. The zero-order valence-electron chi connectivity index (χ0n) is 11.5. The van der Waals surface area contributed by atoms with E-state index in [9.17, 15) is 14.0 Å². The summed E-state index contributed by atoms with van der Waals surface area (Å²) in [4.78, 5) is 29.1. The number of aryl methyl sites for hydroxylation is 1. The molecule has 0 atom stereocenters. The summed E-state index contributed by atoms with van der Waals surface area (Å²) in [5.74, 6) is -0.0284. The van der Waals surface area contributed by atoms with Crippen LogP contribution < -0.4 is 16.3 Å². The highest BCUT2D eigenvalue weighted by atomic mass is 32.1. The van der Waals surface area contributed by atoms with E-state index in [0.29, 0.717) is 21.7 Å². The van der Waals surface area contributed by atoms with Crippen LogP contribution in [0.2, 0.25) is 0 Å². The Bertz CT molecular complexity index is 901. The van der Waals surface area contributed by atoms with Crippen molar-refractivity contribution in [2.45, 2.75) is 6.92 Å². The lowest BCUT2D eigenvalue weighted by atomic mass is 10.3. The lowest BCUT2D eigenvalue weighted by Crippen LogP contribution is -2.37. The normalized spacial score (nSPS) is 10.6. The van der Waals surface area contributed by atoms with Crippen molar-refractivity contribution >= 4 is 33.3 Å². The van der Waals surface area contributed by atoms with Crippen molar-refractivity contribution in [3.05, 3.63) is 57.7 Å². The van der Waals surface area contributed by atoms with Crippen molar-refractivity contribution in [2.75, 3.05) is 10.7 Å². The molecule has 0 aliphatic carbocycles. The van der Waals surface area contributed by atoms with Crippen molar-refractivity contribution in [3.63, 3.8) is 0 Å². The molecule has 22 heavy (non-hydrogen) atoms. The van der Waals surface area contributed by atoms with E-state index in [1.54, 1.807) is 18.4 Å². The van der Waals surface area contributed by atoms with Gasteiger partial charge in [-0.05, 0) is 42.6 Å². The summed E-state index contributed by atoms with van der Waals surface area (Å²) in [6.07, 6.45) is 0. The Labute approximate surface area is 128 Å². The van der Waals surface area contributed by atoms with Crippen LogP contribution in [0.1, 0.15) is 5.82 Å². The Balaban J connectivity index is 1.85. The molecule has 2 amide bonds. The highest BCUT2D eigenvalue weighted by Gasteiger charge is 2.11. The Hall–Kier alpha value is -2.74. The van der Waals surface area contributed by atoms with Gasteiger partial charge in [-0.2, -0.15) is 0 Å². The van der Waals surface area contributed by atoms with Gasteiger partial charge in [0.05, 0.1) is 5.39 Å². The summed E-state index contributed by atoms with van der Waals surface area (Å²) < 4.78 is 13.9. The van der Waals surface area contributed by atoms with Crippen molar-refractivity contribution in [1.82, 2.24) is 9.66 Å². The van der Waals surface area contributed by atoms with E-state index in [2.05, 4.69) is 15.7 Å². The predicted octanol–water partition coefficient (Wildman–Crippen LogP) is 2.68. The van der Waals surface area contributed by atoms with Crippen LogP contribution in [0.4, 0.5) is 14.9 Å². The third-order valence-corrected chi connectivity index (χ3v) is 3.79. The summed E-state index contributed by atoms with van der Waals surface area (Å²) in [7, 11) is 0. The van der Waals surface area contributed by atoms with Crippen molar-refractivity contribution in [2.24, 2.45) is 0 Å². The minimum Gasteiger partial charge on any atom is -0.307 e. The quantitative estimate of drug-likeness (QED) is 0.763. The van der Waals surface area contributed by atoms with Gasteiger partial charge in [0.2, 0.25) is 0 Å². The van der Waals surface area contributed by atoms with E-state index >= 15 is 0 Å². The number of hydrogen-bond acceptors (Lipinski definition) is 4. The van der Waals surface area contributed by atoms with Crippen molar-refractivity contribution < 1.29 is 9.18 Å². The number of amides is 2. The van der Waals surface area contributed by atoms with E-state index in [1.807, 2.05) is 0 Å². The number of carbonyl (C=O) groups excluding carboxylic acids is 1. The maximum atomic E-state index is 12.8. The van der Waals surface area contributed by atoms with Gasteiger partial charge >= 0.3 is 6.03 Å². The van der Waals surface area contributed by atoms with Gasteiger partial charge in [-0.25, -0.2) is 24.3 Å². The molecule has 0 fully saturated rings. The van der Waals surface area contributed by atoms with E-state index in [4.69, 9.17) is 0 Å². The third-order valence-electron chi connectivity index (χ3n) is 2.98. The maximum absolute atomic E-state index is 12.8. The molecule has 0 saturated carbocycles. The molecule has 0 saturated heterocycles. The molecule has 2 heterocycles. The molecule has 3 aromatic rings. The number of urea groups is 1. The van der Waals surface area contributed by atoms with Gasteiger partial charge in [-0.3, -0.25) is 4.79 Å². The van der Waals surface area contributed by atoms with Gasteiger partial charge in [-0.1, -0.05) is 0 Å². The first kappa shape index (κ1) is 14.2. The summed E-state index contributed by atoms with van der Waals surface area (Å²) in [5, 5.41) is 4.72. The van der Waals surface area contributed by atoms with Crippen LogP contribution in [0.3, 0.4) is 0 Å². The summed E-state index contributed by atoms with van der Waals surface area (Å²) >= 11 is 1.36. The molecule has 0 aliphatic heterocycles. The van der Waals surface area contributed by atoms with Gasteiger partial charge in [0.1, 0.15) is 16.5 Å². The molecular formula is C14H11FN4O2S. The number of rotatable bonds is 2. The molecule has 0 aliphatic rings. The standard InChI is InChI=1S/C14H11FN4O2S/c1-8-16-12-11(6-7-22-12)13(20)19(8)18-14(21)17-10-4-2-9(15)3-5-10/h2-7H,1H3,(H2,17,18,21). The monoisotopic (exact) mass is 318 g/mol. The van der Waals surface area contributed by atoms with E-state index < -0.39 is 11.8 Å². The number of fused-ring (bicyclic) bond motifs is 1. The number of thiophene rings is 1. The van der Waals surface area contributed by atoms with Crippen LogP contribution in [0.5, 0.6) is 0 Å². The highest BCUT2D eigenvalue weighted by Crippen LogP contribution is 2.14. The fourth-order valence-electron chi connectivity index (χ4n) is 1.94. The minimum atomic E-state index is -0.617. The molecule has 2 N–H and O–H groups in total. The van der Waals surface area contributed by atoms with Crippen molar-refractivity contribution in [3.8, 4) is 0 Å². The summed E-state index contributed by atoms with van der Waals surface area (Å²) in [5.41, 5.74) is 2.49. The molecule has 8 heteroatoms. The molecule has 3 rings (SSSR count). The highest BCUT2D eigenvalue weighted by molar-refractivity contribution is 7.16. The molecule has 0 spiro atoms. The number of aromatic nitrogens is 2. The van der Waals surface area contributed by atoms with Crippen LogP contribution in [0.25, 0.3) is 10.2 Å². The number of benzene rings is 1. The Morgan fingerprint density at radius 1 is 1.27 bits per heavy atom. The predicted molar refractivity (Wildman–Crippen MR) is 83.4 cm³/mol. The van der Waals surface area contributed by atoms with Gasteiger partial charge in [0.15, 0.2) is 0 Å². The zero-order valence-corrected chi connectivity index (χ0v) is 12.3. The average molecular weight is 318 g/mol. The number of hydrogen-bond donors (Lipinski definition) is 2. The summed E-state index contributed by atoms with van der Waals surface area (Å²) in [6, 6.07) is 6.34. The van der Waals surface area contributed by atoms with E-state index in [1.165, 1.54) is 35.6 Å². The second-order valence-corrected chi connectivity index (χ2v) is 5.41. The molecule has 0 radical (unpaired) electrons. The number of halogens is 1. The minimum absolute atomic E-state index is 0.349. The van der Waals surface area contributed by atoms with Gasteiger partial charge in [-0.15, -0.1) is 11.3 Å². The largest absolute Gasteiger partial charge is 0.338 e. The first-order chi connectivity index (χ1) is 10.5. The molecule has 2 aromatic heterocycles. The average Bonchev–Trinajstić information content (AvgIpc) is 2.94. The number of nitrogens with one attached hydrogen (secondary N) is 2. The number of anilines is 1. The topological polar surface area (TPSA) is 76.0 Å². The van der Waals surface area contributed by atoms with Gasteiger partial charge in [0, 0.05) is 5.69 Å². The van der Waals surface area contributed by atoms with Crippen LogP contribution in [0, 0.1) is 12.7 Å². The molecule has 112 valence electrons. The van der Waals surface area contributed by atoms with E-state index in [0.717, 1.165) is 4.68 Å². The second kappa shape index (κ2) is 5.57. The smallest absolute Gasteiger partial charge is 0.307 e. The van der Waals surface area contributed by atoms with Crippen molar-refractivity contribution in [1.29, 1.82) is 0 Å². The number of carbonyl (C=O) groups is 1. The Morgan fingerprint density at radius 3 is 2.73 bits per heavy atom. The van der Waals surface area contributed by atoms with Crippen LogP contribution in [-0.4, -0.2) is 15.7 Å². The van der Waals surface area contributed by atoms with Gasteiger partial charge < -0.3 is 5.32 Å². The Morgan fingerprint density at radius 2 is 2.00 bits per heavy atom. The summed E-state index contributed by atoms with van der Waals surface area (Å²) in [6.45, 7) is 1.62. The Kier molecular flexibility index (Phi) is 3.60. The fraction of sp³-hybridized carbons (Fsp3) is 0.0714.